The first-order chi connectivity index (χ1) is 10.1. The Balaban J connectivity index is 1.54. The fourth-order valence-electron chi connectivity index (χ4n) is 2.90. The molecule has 1 N–H and O–H groups in total. The summed E-state index contributed by atoms with van der Waals surface area (Å²) in [7, 11) is 0. The van der Waals surface area contributed by atoms with Crippen molar-refractivity contribution >= 4 is 5.91 Å². The minimum absolute atomic E-state index is 0.131. The van der Waals surface area contributed by atoms with Gasteiger partial charge >= 0.3 is 0 Å². The number of nitrogens with one attached hydrogen (secondary N) is 1. The Morgan fingerprint density at radius 2 is 1.81 bits per heavy atom. The van der Waals surface area contributed by atoms with E-state index in [-0.39, 0.29) is 17.9 Å². The van der Waals surface area contributed by atoms with Crippen LogP contribution in [0.25, 0.3) is 0 Å². The Labute approximate surface area is 122 Å². The summed E-state index contributed by atoms with van der Waals surface area (Å²) in [4.78, 5) is 16.1. The molecule has 0 aliphatic carbocycles. The largest absolute Gasteiger partial charge is 0.339 e. The third-order valence-corrected chi connectivity index (χ3v) is 4.27. The number of amides is 1. The van der Waals surface area contributed by atoms with Gasteiger partial charge in [-0.05, 0) is 12.1 Å². The van der Waals surface area contributed by atoms with Crippen molar-refractivity contribution < 1.29 is 13.6 Å². The number of nitrogens with zero attached hydrogens (tertiary/aromatic N) is 2. The minimum Gasteiger partial charge on any atom is -0.339 e. The zero-order valence-corrected chi connectivity index (χ0v) is 11.8. The number of carbonyl (C=O) groups is 1. The van der Waals surface area contributed by atoms with Gasteiger partial charge in [-0.3, -0.25) is 9.69 Å². The molecule has 1 aromatic rings. The third-order valence-electron chi connectivity index (χ3n) is 4.27. The number of likely N-dealkylation sites (tertiary alicyclic amines) is 1. The summed E-state index contributed by atoms with van der Waals surface area (Å²) in [5.41, 5.74) is -0.131. The second kappa shape index (κ2) is 6.07. The maximum Gasteiger partial charge on any atom is 0.227 e. The smallest absolute Gasteiger partial charge is 0.227 e. The average Bonchev–Trinajstić information content (AvgIpc) is 2.43. The van der Waals surface area contributed by atoms with Crippen molar-refractivity contribution in [2.75, 3.05) is 39.3 Å². The van der Waals surface area contributed by atoms with Crippen molar-refractivity contribution in [3.8, 4) is 0 Å². The molecule has 0 aromatic heterocycles. The lowest BCUT2D eigenvalue weighted by molar-refractivity contribution is -0.138. The van der Waals surface area contributed by atoms with Gasteiger partial charge in [0.2, 0.25) is 5.91 Å². The van der Waals surface area contributed by atoms with Gasteiger partial charge in [0, 0.05) is 50.9 Å². The monoisotopic (exact) mass is 295 g/mol. The normalized spacial score (nSPS) is 20.4. The second-order valence-electron chi connectivity index (χ2n) is 5.62. The Hall–Kier alpha value is -1.53. The van der Waals surface area contributed by atoms with Gasteiger partial charge in [-0.2, -0.15) is 0 Å². The highest BCUT2D eigenvalue weighted by molar-refractivity contribution is 5.79. The summed E-state index contributed by atoms with van der Waals surface area (Å²) in [5.74, 6) is -1.50. The van der Waals surface area contributed by atoms with Crippen molar-refractivity contribution in [2.45, 2.75) is 12.5 Å². The molecule has 4 nitrogen and oxygen atoms in total. The Bertz CT molecular complexity index is 505. The predicted molar refractivity (Wildman–Crippen MR) is 74.9 cm³/mol. The molecule has 6 heteroatoms. The highest BCUT2D eigenvalue weighted by atomic mass is 19.1. The average molecular weight is 295 g/mol. The highest BCUT2D eigenvalue weighted by Gasteiger charge is 2.35. The number of halogens is 2. The fraction of sp³-hybridized carbons (Fsp3) is 0.533. The topological polar surface area (TPSA) is 35.6 Å². The maximum absolute atomic E-state index is 13.5. The van der Waals surface area contributed by atoms with E-state index >= 15 is 0 Å². The third kappa shape index (κ3) is 3.06. The molecule has 0 radical (unpaired) electrons. The van der Waals surface area contributed by atoms with Crippen LogP contribution in [0.4, 0.5) is 8.78 Å². The van der Waals surface area contributed by atoms with Crippen molar-refractivity contribution in [3.63, 3.8) is 0 Å². The lowest BCUT2D eigenvalue weighted by Gasteiger charge is -2.46. The molecule has 2 aliphatic heterocycles. The molecule has 0 atom stereocenters. The van der Waals surface area contributed by atoms with Crippen LogP contribution in [0, 0.1) is 11.6 Å². The van der Waals surface area contributed by atoms with Crippen LogP contribution in [-0.2, 0) is 11.2 Å². The van der Waals surface area contributed by atoms with Crippen molar-refractivity contribution in [1.29, 1.82) is 0 Å². The molecule has 21 heavy (non-hydrogen) atoms. The van der Waals surface area contributed by atoms with Gasteiger partial charge in [0.15, 0.2) is 0 Å². The predicted octanol–water partition coefficient (Wildman–Crippen LogP) is 0.623. The van der Waals surface area contributed by atoms with Crippen molar-refractivity contribution in [1.82, 2.24) is 15.1 Å². The second-order valence-corrected chi connectivity index (χ2v) is 5.62. The molecule has 1 aromatic carbocycles. The summed E-state index contributed by atoms with van der Waals surface area (Å²) in [6, 6.07) is 4.07. The Morgan fingerprint density at radius 3 is 2.43 bits per heavy atom. The zero-order valence-electron chi connectivity index (χ0n) is 11.8. The van der Waals surface area contributed by atoms with Gasteiger partial charge in [-0.25, -0.2) is 8.78 Å². The Morgan fingerprint density at radius 1 is 1.19 bits per heavy atom. The SMILES string of the molecule is O=C(Cc1c(F)cccc1F)N1CC(N2CCNCC2)C1. The molecule has 0 saturated carbocycles. The summed E-state index contributed by atoms with van der Waals surface area (Å²) in [6.45, 7) is 5.27. The molecule has 0 unspecified atom stereocenters. The van der Waals surface area contributed by atoms with E-state index in [1.807, 2.05) is 0 Å². The van der Waals surface area contributed by atoms with Crippen LogP contribution in [0.5, 0.6) is 0 Å². The lowest BCUT2D eigenvalue weighted by Crippen LogP contribution is -2.64. The van der Waals surface area contributed by atoms with E-state index in [1.165, 1.54) is 18.2 Å². The van der Waals surface area contributed by atoms with Crippen LogP contribution in [0.15, 0.2) is 18.2 Å². The summed E-state index contributed by atoms with van der Waals surface area (Å²) in [6.07, 6.45) is -0.202. The van der Waals surface area contributed by atoms with Crippen LogP contribution in [0.2, 0.25) is 0 Å². The summed E-state index contributed by atoms with van der Waals surface area (Å²) < 4.78 is 27.1. The number of hydrogen-bond acceptors (Lipinski definition) is 3. The van der Waals surface area contributed by atoms with Gasteiger partial charge < -0.3 is 10.2 Å². The van der Waals surface area contributed by atoms with E-state index in [9.17, 15) is 13.6 Å². The molecule has 2 fully saturated rings. The van der Waals surface area contributed by atoms with Crippen LogP contribution in [0.1, 0.15) is 5.56 Å². The van der Waals surface area contributed by atoms with E-state index in [0.29, 0.717) is 19.1 Å². The first-order valence-electron chi connectivity index (χ1n) is 7.30. The molecule has 114 valence electrons. The first kappa shape index (κ1) is 14.4. The van der Waals surface area contributed by atoms with E-state index < -0.39 is 11.6 Å². The van der Waals surface area contributed by atoms with E-state index in [2.05, 4.69) is 10.2 Å². The van der Waals surface area contributed by atoms with Gasteiger partial charge in [-0.15, -0.1) is 0 Å². The molecule has 3 rings (SSSR count). The highest BCUT2D eigenvalue weighted by Crippen LogP contribution is 2.19. The van der Waals surface area contributed by atoms with Crippen LogP contribution < -0.4 is 5.32 Å². The molecule has 1 amide bonds. The molecule has 0 spiro atoms. The number of hydrogen-bond donors (Lipinski definition) is 1. The Kier molecular flexibility index (Phi) is 4.17. The zero-order chi connectivity index (χ0) is 14.8. The molecule has 2 aliphatic rings. The summed E-state index contributed by atoms with van der Waals surface area (Å²) >= 11 is 0. The first-order valence-corrected chi connectivity index (χ1v) is 7.30. The quantitative estimate of drug-likeness (QED) is 0.888. The number of carbonyl (C=O) groups excluding carboxylic acids is 1. The van der Waals surface area contributed by atoms with Crippen LogP contribution in [-0.4, -0.2) is 61.0 Å². The molecular formula is C15H19F2N3O. The van der Waals surface area contributed by atoms with Crippen molar-refractivity contribution in [3.05, 3.63) is 35.4 Å². The van der Waals surface area contributed by atoms with Gasteiger partial charge in [-0.1, -0.05) is 6.07 Å². The van der Waals surface area contributed by atoms with E-state index in [0.717, 1.165) is 26.2 Å². The lowest BCUT2D eigenvalue weighted by atomic mass is 10.0. The number of piperazine rings is 1. The van der Waals surface area contributed by atoms with Gasteiger partial charge in [0.1, 0.15) is 11.6 Å². The van der Waals surface area contributed by atoms with Crippen LogP contribution >= 0.6 is 0 Å². The number of rotatable bonds is 3. The maximum atomic E-state index is 13.5. The van der Waals surface area contributed by atoms with Gasteiger partial charge in [0.05, 0.1) is 6.42 Å². The van der Waals surface area contributed by atoms with Crippen LogP contribution in [0.3, 0.4) is 0 Å². The van der Waals surface area contributed by atoms with E-state index in [4.69, 9.17) is 0 Å². The molecular weight excluding hydrogens is 276 g/mol. The minimum atomic E-state index is -0.650. The number of benzene rings is 1. The fourth-order valence-corrected chi connectivity index (χ4v) is 2.90. The molecule has 2 heterocycles. The summed E-state index contributed by atoms with van der Waals surface area (Å²) in [5, 5.41) is 3.29. The molecule has 0 bridgehead atoms. The van der Waals surface area contributed by atoms with Crippen molar-refractivity contribution in [2.24, 2.45) is 0 Å². The molecule has 2 saturated heterocycles. The van der Waals surface area contributed by atoms with Gasteiger partial charge in [0.25, 0.3) is 0 Å². The van der Waals surface area contributed by atoms with E-state index in [1.54, 1.807) is 4.90 Å². The standard InChI is InChI=1S/C15H19F2N3O/c16-13-2-1-3-14(17)12(13)8-15(21)20-9-11(10-20)19-6-4-18-5-7-19/h1-3,11,18H,4-10H2.